The van der Waals surface area contributed by atoms with E-state index in [4.69, 9.17) is 4.74 Å². The number of hydrogen-bond acceptors (Lipinski definition) is 6. The molecule has 0 bridgehead atoms. The van der Waals surface area contributed by atoms with Crippen LogP contribution in [0.15, 0.2) is 24.3 Å². The van der Waals surface area contributed by atoms with Crippen LogP contribution in [-0.2, 0) is 0 Å². The van der Waals surface area contributed by atoms with Gasteiger partial charge in [0.2, 0.25) is 10.8 Å². The van der Waals surface area contributed by atoms with Crippen molar-refractivity contribution in [3.05, 3.63) is 40.5 Å². The minimum Gasteiger partial charge on any atom is -0.497 e. The van der Waals surface area contributed by atoms with Crippen LogP contribution in [-0.4, -0.2) is 44.8 Å². The van der Waals surface area contributed by atoms with Gasteiger partial charge < -0.3 is 9.84 Å². The van der Waals surface area contributed by atoms with E-state index in [-0.39, 0.29) is 11.9 Å². The van der Waals surface area contributed by atoms with E-state index < -0.39 is 0 Å². The summed E-state index contributed by atoms with van der Waals surface area (Å²) in [6.45, 7) is 8.47. The zero-order chi connectivity index (χ0) is 19.1. The van der Waals surface area contributed by atoms with Crippen LogP contribution in [0.25, 0.3) is 4.96 Å². The number of fused-ring (bicyclic) bond motifs is 1. The monoisotopic (exact) mass is 386 g/mol. The van der Waals surface area contributed by atoms with Gasteiger partial charge in [0, 0.05) is 13.1 Å². The average molecular weight is 387 g/mol. The predicted molar refractivity (Wildman–Crippen MR) is 107 cm³/mol. The van der Waals surface area contributed by atoms with E-state index in [2.05, 4.69) is 41.0 Å². The minimum absolute atomic E-state index is 0.0186. The van der Waals surface area contributed by atoms with Gasteiger partial charge in [-0.3, -0.25) is 4.90 Å². The summed E-state index contributed by atoms with van der Waals surface area (Å²) in [5, 5.41) is 15.3. The summed E-state index contributed by atoms with van der Waals surface area (Å²) in [7, 11) is 1.68. The number of thiazole rings is 1. The SMILES string of the molecule is COc1ccc([C@H](c2sc3nc(C)nn3c2O)N2C[C@H](C)C[C@@H](C)C2)cc1. The van der Waals surface area contributed by atoms with Crippen molar-refractivity contribution in [2.45, 2.75) is 33.2 Å². The topological polar surface area (TPSA) is 62.9 Å². The molecule has 0 unspecified atom stereocenters. The molecule has 6 nitrogen and oxygen atoms in total. The van der Waals surface area contributed by atoms with Gasteiger partial charge in [-0.15, -0.1) is 5.10 Å². The zero-order valence-electron chi connectivity index (χ0n) is 16.2. The molecule has 1 aliphatic rings. The molecule has 1 fully saturated rings. The lowest BCUT2D eigenvalue weighted by atomic mass is 9.89. The lowest BCUT2D eigenvalue weighted by molar-refractivity contribution is 0.112. The van der Waals surface area contributed by atoms with Crippen LogP contribution in [0, 0.1) is 18.8 Å². The molecule has 1 N–H and O–H groups in total. The molecule has 3 aromatic rings. The van der Waals surface area contributed by atoms with Gasteiger partial charge in [-0.25, -0.2) is 4.98 Å². The summed E-state index contributed by atoms with van der Waals surface area (Å²) in [5.41, 5.74) is 1.15. The molecule has 7 heteroatoms. The molecule has 0 spiro atoms. The normalized spacial score (nSPS) is 22.2. The van der Waals surface area contributed by atoms with Gasteiger partial charge in [-0.05, 0) is 42.9 Å². The van der Waals surface area contributed by atoms with Crippen LogP contribution in [0.4, 0.5) is 0 Å². The van der Waals surface area contributed by atoms with E-state index in [0.29, 0.717) is 17.7 Å². The minimum atomic E-state index is -0.0186. The average Bonchev–Trinajstić information content (AvgIpc) is 3.13. The van der Waals surface area contributed by atoms with Crippen LogP contribution >= 0.6 is 11.3 Å². The number of hydrogen-bond donors (Lipinski definition) is 1. The molecule has 0 amide bonds. The van der Waals surface area contributed by atoms with Crippen LogP contribution in [0.3, 0.4) is 0 Å². The Morgan fingerprint density at radius 2 is 1.85 bits per heavy atom. The first-order chi connectivity index (χ1) is 13.0. The third kappa shape index (κ3) is 3.41. The number of benzene rings is 1. The summed E-state index contributed by atoms with van der Waals surface area (Å²) in [6, 6.07) is 8.13. The fourth-order valence-corrected chi connectivity index (χ4v) is 5.43. The second-order valence-electron chi connectivity index (χ2n) is 7.72. The maximum Gasteiger partial charge on any atom is 0.230 e. The molecule has 1 saturated heterocycles. The largest absolute Gasteiger partial charge is 0.497 e. The highest BCUT2D eigenvalue weighted by atomic mass is 32.1. The van der Waals surface area contributed by atoms with E-state index in [1.807, 2.05) is 19.1 Å². The number of ether oxygens (including phenoxy) is 1. The molecule has 2 aromatic heterocycles. The molecular weight excluding hydrogens is 360 g/mol. The van der Waals surface area contributed by atoms with Gasteiger partial charge in [0.25, 0.3) is 0 Å². The molecule has 1 aromatic carbocycles. The number of aromatic nitrogens is 3. The van der Waals surface area contributed by atoms with Crippen molar-refractivity contribution in [2.24, 2.45) is 11.8 Å². The molecule has 1 aliphatic heterocycles. The van der Waals surface area contributed by atoms with E-state index in [1.54, 1.807) is 11.6 Å². The predicted octanol–water partition coefficient (Wildman–Crippen LogP) is 3.88. The number of methoxy groups -OCH3 is 1. The lowest BCUT2D eigenvalue weighted by Gasteiger charge is -2.40. The van der Waals surface area contributed by atoms with Crippen molar-refractivity contribution in [1.29, 1.82) is 0 Å². The van der Waals surface area contributed by atoms with E-state index in [1.165, 1.54) is 17.8 Å². The molecule has 0 aliphatic carbocycles. The third-order valence-corrected chi connectivity index (χ3v) is 6.32. The van der Waals surface area contributed by atoms with Crippen LogP contribution in [0.5, 0.6) is 11.6 Å². The highest BCUT2D eigenvalue weighted by molar-refractivity contribution is 7.17. The Morgan fingerprint density at radius 3 is 2.44 bits per heavy atom. The first-order valence-electron chi connectivity index (χ1n) is 9.39. The number of rotatable bonds is 4. The highest BCUT2D eigenvalue weighted by Gasteiger charge is 2.33. The van der Waals surface area contributed by atoms with Gasteiger partial charge in [0.05, 0.1) is 18.0 Å². The van der Waals surface area contributed by atoms with Gasteiger partial charge in [-0.2, -0.15) is 4.52 Å². The molecule has 27 heavy (non-hydrogen) atoms. The fourth-order valence-electron chi connectivity index (χ4n) is 4.26. The van der Waals surface area contributed by atoms with E-state index in [9.17, 15) is 5.11 Å². The number of aromatic hydroxyl groups is 1. The maximum absolute atomic E-state index is 10.9. The molecule has 4 rings (SSSR count). The van der Waals surface area contributed by atoms with Crippen molar-refractivity contribution in [3.63, 3.8) is 0 Å². The number of likely N-dealkylation sites (tertiary alicyclic amines) is 1. The van der Waals surface area contributed by atoms with Gasteiger partial charge in [0.1, 0.15) is 11.6 Å². The lowest BCUT2D eigenvalue weighted by Crippen LogP contribution is -2.41. The molecular formula is C20H26N4O2S. The van der Waals surface area contributed by atoms with Gasteiger partial charge in [0.15, 0.2) is 0 Å². The zero-order valence-corrected chi connectivity index (χ0v) is 17.0. The third-order valence-electron chi connectivity index (χ3n) is 5.25. The fraction of sp³-hybridized carbons (Fsp3) is 0.500. The Balaban J connectivity index is 1.80. The molecule has 3 heterocycles. The molecule has 0 saturated carbocycles. The quantitative estimate of drug-likeness (QED) is 0.737. The summed E-state index contributed by atoms with van der Waals surface area (Å²) in [4.78, 5) is 8.56. The first kappa shape index (κ1) is 18.3. The Kier molecular flexibility index (Phi) is 4.82. The molecule has 0 radical (unpaired) electrons. The number of aryl methyl sites for hydroxylation is 1. The second kappa shape index (κ2) is 7.13. The van der Waals surface area contributed by atoms with Crippen LogP contribution in [0.2, 0.25) is 0 Å². The summed E-state index contributed by atoms with van der Waals surface area (Å²) >= 11 is 1.52. The summed E-state index contributed by atoms with van der Waals surface area (Å²) < 4.78 is 6.88. The van der Waals surface area contributed by atoms with Gasteiger partial charge in [-0.1, -0.05) is 37.3 Å². The maximum atomic E-state index is 10.9. The van der Waals surface area contributed by atoms with Crippen molar-refractivity contribution >= 4 is 16.3 Å². The van der Waals surface area contributed by atoms with Crippen molar-refractivity contribution in [1.82, 2.24) is 19.5 Å². The first-order valence-corrected chi connectivity index (χ1v) is 10.2. The summed E-state index contributed by atoms with van der Waals surface area (Å²) in [5.74, 6) is 2.95. The van der Waals surface area contributed by atoms with Crippen LogP contribution in [0.1, 0.15) is 42.6 Å². The smallest absolute Gasteiger partial charge is 0.230 e. The van der Waals surface area contributed by atoms with Crippen molar-refractivity contribution < 1.29 is 9.84 Å². The number of piperidine rings is 1. The van der Waals surface area contributed by atoms with Gasteiger partial charge >= 0.3 is 0 Å². The molecule has 3 atom stereocenters. The van der Waals surface area contributed by atoms with E-state index >= 15 is 0 Å². The Labute approximate surface area is 163 Å². The Hall–Kier alpha value is -2.12. The standard InChI is InChI=1S/C20H26N4O2S/c1-12-9-13(2)11-23(10-12)17(15-5-7-16(26-4)8-6-15)18-19(25)24-20(27-18)21-14(3)22-24/h5-8,12-13,17,25H,9-11H2,1-4H3/t12-,13-,17-/m1/s1. The Bertz CT molecular complexity index is 924. The van der Waals surface area contributed by atoms with E-state index in [0.717, 1.165) is 34.2 Å². The van der Waals surface area contributed by atoms with Crippen LogP contribution < -0.4 is 4.74 Å². The highest BCUT2D eigenvalue weighted by Crippen LogP contribution is 2.42. The van der Waals surface area contributed by atoms with Crippen molar-refractivity contribution in [3.8, 4) is 11.6 Å². The molecule has 144 valence electrons. The number of nitrogens with zero attached hydrogens (tertiary/aromatic N) is 4. The van der Waals surface area contributed by atoms with Crippen molar-refractivity contribution in [2.75, 3.05) is 20.2 Å². The Morgan fingerprint density at radius 1 is 1.19 bits per heavy atom. The second-order valence-corrected chi connectivity index (χ2v) is 8.73. The summed E-state index contributed by atoms with van der Waals surface area (Å²) in [6.07, 6.45) is 1.24.